The molecule has 12 nitrogen and oxygen atoms in total. The minimum atomic E-state index is -1.00. The Morgan fingerprint density at radius 3 is 1.54 bits per heavy atom. The average Bonchev–Trinajstić information content (AvgIpc) is 4.01. The van der Waals surface area contributed by atoms with Crippen molar-refractivity contribution in [3.63, 3.8) is 0 Å². The number of para-hydroxylation sites is 1. The Kier molecular flexibility index (Phi) is 9.64. The molecule has 4 aromatic carbocycles. The van der Waals surface area contributed by atoms with Crippen LogP contribution in [0.5, 0.6) is 0 Å². The quantitative estimate of drug-likeness (QED) is 0.215. The highest BCUT2D eigenvalue weighted by Crippen LogP contribution is 2.51. The number of nitrogens with zero attached hydrogens (tertiary/aromatic N) is 6. The predicted octanol–water partition coefficient (Wildman–Crippen LogP) is 5.45. The van der Waals surface area contributed by atoms with Gasteiger partial charge in [-0.05, 0) is 79.8 Å². The molecule has 12 heteroatoms. The molecule has 2 atom stereocenters. The van der Waals surface area contributed by atoms with Gasteiger partial charge in [0, 0.05) is 91.3 Å². The third kappa shape index (κ3) is 7.19. The fourth-order valence-electron chi connectivity index (χ4n) is 9.21. The van der Waals surface area contributed by atoms with Gasteiger partial charge in [-0.3, -0.25) is 19.2 Å². The molecule has 2 aliphatic carbocycles. The number of amides is 4. The van der Waals surface area contributed by atoms with E-state index in [4.69, 9.17) is 21.4 Å². The summed E-state index contributed by atoms with van der Waals surface area (Å²) < 4.78 is 0. The van der Waals surface area contributed by atoms with E-state index in [9.17, 15) is 19.2 Å². The molecule has 4 heterocycles. The second-order valence-corrected chi connectivity index (χ2v) is 17.2. The van der Waals surface area contributed by atoms with Gasteiger partial charge in [0.15, 0.2) is 0 Å². The van der Waals surface area contributed by atoms with E-state index in [2.05, 4.69) is 6.07 Å². The summed E-state index contributed by atoms with van der Waals surface area (Å²) in [4.78, 5) is 70.5. The molecule has 4 N–H and O–H groups in total. The molecule has 2 saturated carbocycles. The first-order valence-electron chi connectivity index (χ1n) is 21.3. The van der Waals surface area contributed by atoms with E-state index in [1.54, 1.807) is 19.6 Å². The normalized spacial score (nSPS) is 21.0. The lowest BCUT2D eigenvalue weighted by molar-refractivity contribution is -0.141. The number of rotatable bonds is 7. The summed E-state index contributed by atoms with van der Waals surface area (Å²) in [6.45, 7) is 3.67. The highest BCUT2D eigenvalue weighted by atomic mass is 16.2. The van der Waals surface area contributed by atoms with Crippen molar-refractivity contribution in [2.75, 3.05) is 52.4 Å². The van der Waals surface area contributed by atoms with Gasteiger partial charge in [0.05, 0.1) is 28.0 Å². The predicted molar refractivity (Wildman–Crippen MR) is 234 cm³/mol. The van der Waals surface area contributed by atoms with Crippen molar-refractivity contribution in [3.05, 3.63) is 132 Å². The first kappa shape index (κ1) is 38.7. The van der Waals surface area contributed by atoms with Crippen LogP contribution in [0.15, 0.2) is 115 Å². The van der Waals surface area contributed by atoms with Crippen LogP contribution in [-0.2, 0) is 9.59 Å². The van der Waals surface area contributed by atoms with Gasteiger partial charge in [-0.2, -0.15) is 0 Å². The molecule has 10 rings (SSSR count). The van der Waals surface area contributed by atoms with E-state index >= 15 is 0 Å². The van der Waals surface area contributed by atoms with Crippen molar-refractivity contribution in [2.24, 2.45) is 11.5 Å². The summed E-state index contributed by atoms with van der Waals surface area (Å²) in [5, 5.41) is 2.06. The van der Waals surface area contributed by atoms with Crippen LogP contribution in [-0.4, -0.2) is 117 Å². The Hall–Kier alpha value is -6.50. The minimum absolute atomic E-state index is 0.00773. The lowest BCUT2D eigenvalue weighted by Gasteiger charge is -2.43. The van der Waals surface area contributed by atoms with Gasteiger partial charge in [-0.25, -0.2) is 9.97 Å². The topological polar surface area (TPSA) is 159 Å². The number of piperazine rings is 2. The zero-order valence-corrected chi connectivity index (χ0v) is 34.0. The van der Waals surface area contributed by atoms with Crippen LogP contribution < -0.4 is 11.5 Å². The van der Waals surface area contributed by atoms with Crippen LogP contribution in [0.4, 0.5) is 0 Å². The Bertz CT molecular complexity index is 2700. The summed E-state index contributed by atoms with van der Waals surface area (Å²) in [6.07, 6.45) is 3.00. The second-order valence-electron chi connectivity index (χ2n) is 17.2. The van der Waals surface area contributed by atoms with Crippen LogP contribution in [0.3, 0.4) is 0 Å². The first-order valence-corrected chi connectivity index (χ1v) is 21.3. The summed E-state index contributed by atoms with van der Waals surface area (Å²) in [5.74, 6) is -0.323. The van der Waals surface area contributed by atoms with Crippen LogP contribution in [0.2, 0.25) is 0 Å². The van der Waals surface area contributed by atoms with Gasteiger partial charge >= 0.3 is 0 Å². The largest absolute Gasteiger partial charge is 0.338 e. The number of nitrogens with two attached hydrogens (primary N) is 2. The number of carbonyl (C=O) groups excluding carboxylic acids is 4. The molecule has 2 aromatic heterocycles. The van der Waals surface area contributed by atoms with Crippen LogP contribution >= 0.6 is 0 Å². The first-order chi connectivity index (χ1) is 29.6. The van der Waals surface area contributed by atoms with Crippen molar-refractivity contribution in [1.82, 2.24) is 29.6 Å². The average molecular weight is 813 g/mol. The van der Waals surface area contributed by atoms with Crippen LogP contribution in [0.25, 0.3) is 44.3 Å². The number of fused-ring (bicyclic) bond motifs is 2. The molecule has 2 unspecified atom stereocenters. The maximum Gasteiger partial charge on any atom is 0.253 e. The molecule has 0 bridgehead atoms. The van der Waals surface area contributed by atoms with Gasteiger partial charge in [-0.15, -0.1) is 0 Å². The van der Waals surface area contributed by atoms with Crippen molar-refractivity contribution in [2.45, 2.75) is 42.7 Å². The summed E-state index contributed by atoms with van der Waals surface area (Å²) in [7, 11) is 0. The maximum atomic E-state index is 13.9. The zero-order chi connectivity index (χ0) is 41.9. The van der Waals surface area contributed by atoms with E-state index in [0.29, 0.717) is 69.9 Å². The smallest absolute Gasteiger partial charge is 0.253 e. The second kappa shape index (κ2) is 15.2. The van der Waals surface area contributed by atoms with Crippen LogP contribution in [0, 0.1) is 0 Å². The maximum absolute atomic E-state index is 13.9. The molecule has 6 aromatic rings. The Balaban J connectivity index is 0.742. The van der Waals surface area contributed by atoms with E-state index in [-0.39, 0.29) is 29.5 Å². The third-order valence-corrected chi connectivity index (χ3v) is 13.4. The Morgan fingerprint density at radius 2 is 1.00 bits per heavy atom. The third-order valence-electron chi connectivity index (χ3n) is 13.4. The lowest BCUT2D eigenvalue weighted by Crippen LogP contribution is -2.62. The molecule has 0 radical (unpaired) electrons. The van der Waals surface area contributed by atoms with Gasteiger partial charge < -0.3 is 31.1 Å². The molecule has 0 spiro atoms. The summed E-state index contributed by atoms with van der Waals surface area (Å²) in [6, 6.07) is 37.2. The fraction of sp³-hybridized carbons (Fsp3) is 0.306. The SMILES string of the molecule is NC1(C(=O)N2CCN(C(=O)c3ccc(-c4ccc5ccc(C6CC6(N)C(=O)N6CCN(C(=O)c7ccc(-c8ccc9ccccc9n8)cc7)CC6)cc5n4)cc3)CC2)CCC1. The summed E-state index contributed by atoms with van der Waals surface area (Å²) in [5.41, 5.74) is 18.7. The highest BCUT2D eigenvalue weighted by Gasteiger charge is 2.59. The van der Waals surface area contributed by atoms with Gasteiger partial charge in [0.1, 0.15) is 5.54 Å². The monoisotopic (exact) mass is 812 g/mol. The standard InChI is InChI=1S/C49H48N8O4/c50-48(20-3-21-48)46(60)56-26-22-54(23-27-56)44(58)37-13-8-34(9-14-37)42-19-17-35-10-15-38(30-43(35)53-42)39-31-49(39,51)47(61)57-28-24-55(25-29-57)45(59)36-11-6-33(7-12-36)41-18-16-32-4-1-2-5-40(32)52-41/h1-2,4-19,30,39H,3,20-29,31,50-51H2. The summed E-state index contributed by atoms with van der Waals surface area (Å²) >= 11 is 0. The molecular weight excluding hydrogens is 765 g/mol. The van der Waals surface area contributed by atoms with Gasteiger partial charge in [0.2, 0.25) is 11.8 Å². The van der Waals surface area contributed by atoms with Gasteiger partial charge in [-0.1, -0.05) is 66.7 Å². The number of pyridine rings is 2. The number of hydrogen-bond donors (Lipinski definition) is 2. The van der Waals surface area contributed by atoms with E-state index in [1.807, 2.05) is 109 Å². The zero-order valence-electron chi connectivity index (χ0n) is 34.0. The van der Waals surface area contributed by atoms with E-state index < -0.39 is 11.1 Å². The molecule has 308 valence electrons. The molecular formula is C49H48N8O4. The van der Waals surface area contributed by atoms with Crippen LogP contribution in [0.1, 0.15) is 57.9 Å². The molecule has 61 heavy (non-hydrogen) atoms. The molecule has 4 fully saturated rings. The molecule has 2 aliphatic heterocycles. The van der Waals surface area contributed by atoms with E-state index in [1.165, 1.54) is 0 Å². The Labute approximate surface area is 354 Å². The number of carbonyl (C=O) groups is 4. The number of hydrogen-bond acceptors (Lipinski definition) is 8. The van der Waals surface area contributed by atoms with Crippen molar-refractivity contribution in [1.29, 1.82) is 0 Å². The molecule has 4 amide bonds. The fourth-order valence-corrected chi connectivity index (χ4v) is 9.21. The lowest BCUT2D eigenvalue weighted by atomic mass is 9.76. The van der Waals surface area contributed by atoms with Crippen molar-refractivity contribution < 1.29 is 19.2 Å². The molecule has 4 aliphatic rings. The highest BCUT2D eigenvalue weighted by molar-refractivity contribution is 5.97. The van der Waals surface area contributed by atoms with Gasteiger partial charge in [0.25, 0.3) is 11.8 Å². The molecule has 2 saturated heterocycles. The van der Waals surface area contributed by atoms with Crippen molar-refractivity contribution >= 4 is 45.4 Å². The Morgan fingerprint density at radius 1 is 0.525 bits per heavy atom. The number of benzene rings is 4. The number of aromatic nitrogens is 2. The minimum Gasteiger partial charge on any atom is -0.338 e. The van der Waals surface area contributed by atoms with E-state index in [0.717, 1.165) is 69.1 Å². The van der Waals surface area contributed by atoms with Crippen molar-refractivity contribution in [3.8, 4) is 22.5 Å².